The van der Waals surface area contributed by atoms with Crippen molar-refractivity contribution in [2.75, 3.05) is 0 Å². The van der Waals surface area contributed by atoms with Gasteiger partial charge in [-0.1, -0.05) is 12.2 Å². The van der Waals surface area contributed by atoms with E-state index < -0.39 is 12.3 Å². The Bertz CT molecular complexity index is 358. The average Bonchev–Trinajstić information content (AvgIpc) is 2.64. The number of rotatable bonds is 0. The van der Waals surface area contributed by atoms with E-state index in [1.165, 1.54) is 0 Å². The second kappa shape index (κ2) is 2.37. The predicted octanol–water partition coefficient (Wildman–Crippen LogP) is 1.71. The van der Waals surface area contributed by atoms with Gasteiger partial charge in [-0.3, -0.25) is 0 Å². The van der Waals surface area contributed by atoms with Crippen molar-refractivity contribution >= 4 is 12.3 Å². The minimum absolute atomic E-state index is 0.0495. The molecule has 0 N–H and O–H groups in total. The summed E-state index contributed by atoms with van der Waals surface area (Å²) < 4.78 is 13.9. The van der Waals surface area contributed by atoms with Gasteiger partial charge in [-0.05, 0) is 6.42 Å². The summed E-state index contributed by atoms with van der Waals surface area (Å²) in [6.07, 6.45) is 2.67. The maximum Gasteiger partial charge on any atom is 0.523 e. The molecule has 0 fully saturated rings. The maximum absolute atomic E-state index is 10.9. The van der Waals surface area contributed by atoms with Crippen LogP contribution in [0.3, 0.4) is 0 Å². The number of hydrogen-bond acceptors (Lipinski definition) is 5. The van der Waals surface area contributed by atoms with E-state index in [4.69, 9.17) is 9.47 Å². The van der Waals surface area contributed by atoms with E-state index in [1.54, 1.807) is 0 Å². The molecule has 0 radical (unpaired) electrons. The van der Waals surface area contributed by atoms with Crippen LogP contribution in [0.5, 0.6) is 0 Å². The van der Waals surface area contributed by atoms with E-state index in [0.29, 0.717) is 11.5 Å². The molecule has 0 amide bonds. The minimum Gasteiger partial charge on any atom is -0.395 e. The highest BCUT2D eigenvalue weighted by atomic mass is 16.8. The molecule has 0 aromatic carbocycles. The van der Waals surface area contributed by atoms with E-state index >= 15 is 0 Å². The third-order valence-electron chi connectivity index (χ3n) is 2.55. The molecule has 1 aliphatic heterocycles. The first-order chi connectivity index (χ1) is 6.74. The zero-order valence-electron chi connectivity index (χ0n) is 7.06. The van der Waals surface area contributed by atoms with Crippen LogP contribution in [0.4, 0.5) is 9.59 Å². The van der Waals surface area contributed by atoms with Crippen LogP contribution < -0.4 is 0 Å². The Balaban J connectivity index is 2.01. The van der Waals surface area contributed by atoms with Crippen LogP contribution in [0.1, 0.15) is 6.42 Å². The Hall–Kier alpha value is -1.78. The molecule has 0 aromatic heterocycles. The Labute approximate surface area is 78.9 Å². The summed E-state index contributed by atoms with van der Waals surface area (Å²) in [5.41, 5.74) is 0. The molecule has 72 valence electrons. The van der Waals surface area contributed by atoms with Gasteiger partial charge in [-0.2, -0.15) is 0 Å². The largest absolute Gasteiger partial charge is 0.523 e. The van der Waals surface area contributed by atoms with Gasteiger partial charge in [-0.15, -0.1) is 0 Å². The third-order valence-corrected chi connectivity index (χ3v) is 2.55. The fourth-order valence-electron chi connectivity index (χ4n) is 1.99. The molecule has 0 saturated heterocycles. The number of carbonyl (C=O) groups is 2. The van der Waals surface area contributed by atoms with Crippen molar-refractivity contribution in [3.63, 3.8) is 0 Å². The van der Waals surface area contributed by atoms with Crippen molar-refractivity contribution in [2.45, 2.75) is 6.42 Å². The summed E-state index contributed by atoms with van der Waals surface area (Å²) >= 11 is 0. The molecule has 14 heavy (non-hydrogen) atoms. The maximum atomic E-state index is 10.9. The van der Waals surface area contributed by atoms with Gasteiger partial charge in [0, 0.05) is 11.8 Å². The van der Waals surface area contributed by atoms with Crippen LogP contribution >= 0.6 is 0 Å². The van der Waals surface area contributed by atoms with E-state index in [0.717, 1.165) is 6.42 Å². The molecule has 5 nitrogen and oxygen atoms in total. The summed E-state index contributed by atoms with van der Waals surface area (Å²) in [4.78, 5) is 21.8. The second-order valence-electron chi connectivity index (χ2n) is 3.37. The Morgan fingerprint density at radius 2 is 1.43 bits per heavy atom. The zero-order valence-corrected chi connectivity index (χ0v) is 7.06. The Morgan fingerprint density at radius 3 is 1.93 bits per heavy atom. The normalized spacial score (nSPS) is 33.4. The number of cyclic esters (lactones) is 2. The minimum atomic E-state index is -1.01. The summed E-state index contributed by atoms with van der Waals surface area (Å²) in [6.45, 7) is 0. The molecule has 2 atom stereocenters. The molecule has 1 heterocycles. The lowest BCUT2D eigenvalue weighted by Crippen LogP contribution is -2.11. The number of fused-ring (bicyclic) bond motifs is 4. The van der Waals surface area contributed by atoms with E-state index in [1.807, 2.05) is 12.2 Å². The van der Waals surface area contributed by atoms with Crippen molar-refractivity contribution in [2.24, 2.45) is 11.8 Å². The van der Waals surface area contributed by atoms with Crippen LogP contribution in [0.2, 0.25) is 0 Å². The SMILES string of the molecule is O=C1OC(=O)OC2=C(O1)C1C=CC2C1. The quantitative estimate of drug-likeness (QED) is 0.333. The first-order valence-corrected chi connectivity index (χ1v) is 4.28. The Kier molecular flexibility index (Phi) is 1.29. The van der Waals surface area contributed by atoms with Crippen molar-refractivity contribution < 1.29 is 23.8 Å². The highest BCUT2D eigenvalue weighted by molar-refractivity contribution is 5.79. The highest BCUT2D eigenvalue weighted by Gasteiger charge is 2.43. The van der Waals surface area contributed by atoms with Crippen LogP contribution in [0.25, 0.3) is 0 Å². The standard InChI is InChI=1S/C9H6O5/c10-8-12-6-4-1-2-5(3-4)7(6)13-9(11)14-8/h1-2,4-5H,3H2. The molecule has 3 rings (SSSR count). The van der Waals surface area contributed by atoms with Crippen LogP contribution in [-0.4, -0.2) is 12.3 Å². The molecule has 2 aliphatic carbocycles. The molecule has 2 bridgehead atoms. The molecule has 2 unspecified atom stereocenters. The summed E-state index contributed by atoms with van der Waals surface area (Å²) in [5, 5.41) is 0. The van der Waals surface area contributed by atoms with Gasteiger partial charge < -0.3 is 14.2 Å². The number of ether oxygens (including phenoxy) is 3. The number of carbonyl (C=O) groups excluding carboxylic acids is 2. The van der Waals surface area contributed by atoms with Crippen molar-refractivity contribution in [1.82, 2.24) is 0 Å². The van der Waals surface area contributed by atoms with E-state index in [2.05, 4.69) is 4.74 Å². The fourth-order valence-corrected chi connectivity index (χ4v) is 1.99. The fraction of sp³-hybridized carbons (Fsp3) is 0.333. The van der Waals surface area contributed by atoms with E-state index in [-0.39, 0.29) is 11.8 Å². The second-order valence-corrected chi connectivity index (χ2v) is 3.37. The topological polar surface area (TPSA) is 61.8 Å². The van der Waals surface area contributed by atoms with Gasteiger partial charge in [-0.25, -0.2) is 9.59 Å². The molecule has 5 heteroatoms. The third kappa shape index (κ3) is 0.891. The molecule has 3 aliphatic rings. The molecular formula is C9H6O5. The molecule has 0 saturated carbocycles. The lowest BCUT2D eigenvalue weighted by atomic mass is 10.1. The molecule has 0 aromatic rings. The smallest absolute Gasteiger partial charge is 0.395 e. The van der Waals surface area contributed by atoms with Gasteiger partial charge in [0.2, 0.25) is 0 Å². The molecular weight excluding hydrogens is 188 g/mol. The monoisotopic (exact) mass is 194 g/mol. The molecule has 0 spiro atoms. The van der Waals surface area contributed by atoms with Crippen LogP contribution in [-0.2, 0) is 14.2 Å². The summed E-state index contributed by atoms with van der Waals surface area (Å²) in [5.74, 6) is 0.948. The van der Waals surface area contributed by atoms with Crippen molar-refractivity contribution in [3.05, 3.63) is 23.7 Å². The summed E-state index contributed by atoms with van der Waals surface area (Å²) in [6, 6.07) is 0. The lowest BCUT2D eigenvalue weighted by Gasteiger charge is -2.08. The average molecular weight is 194 g/mol. The van der Waals surface area contributed by atoms with Crippen LogP contribution in [0.15, 0.2) is 23.7 Å². The van der Waals surface area contributed by atoms with E-state index in [9.17, 15) is 9.59 Å². The van der Waals surface area contributed by atoms with Gasteiger partial charge in [0.15, 0.2) is 11.5 Å². The van der Waals surface area contributed by atoms with Gasteiger partial charge in [0.25, 0.3) is 0 Å². The first kappa shape index (κ1) is 7.61. The zero-order chi connectivity index (χ0) is 9.71. The van der Waals surface area contributed by atoms with Crippen molar-refractivity contribution in [1.29, 1.82) is 0 Å². The number of hydrogen-bond donors (Lipinski definition) is 0. The highest BCUT2D eigenvalue weighted by Crippen LogP contribution is 2.45. The summed E-state index contributed by atoms with van der Waals surface area (Å²) in [7, 11) is 0. The van der Waals surface area contributed by atoms with Crippen LogP contribution in [0, 0.1) is 11.8 Å². The van der Waals surface area contributed by atoms with Gasteiger partial charge >= 0.3 is 12.3 Å². The van der Waals surface area contributed by atoms with Gasteiger partial charge in [0.1, 0.15) is 0 Å². The van der Waals surface area contributed by atoms with Crippen molar-refractivity contribution in [3.8, 4) is 0 Å². The Morgan fingerprint density at radius 1 is 0.929 bits per heavy atom. The first-order valence-electron chi connectivity index (χ1n) is 4.28. The number of allylic oxidation sites excluding steroid dienone is 2. The predicted molar refractivity (Wildman–Crippen MR) is 41.8 cm³/mol. The van der Waals surface area contributed by atoms with Gasteiger partial charge in [0.05, 0.1) is 0 Å². The lowest BCUT2D eigenvalue weighted by molar-refractivity contribution is 0.0733.